The van der Waals surface area contributed by atoms with Crippen LogP contribution in [0.3, 0.4) is 0 Å². The molecule has 1 atom stereocenters. The summed E-state index contributed by atoms with van der Waals surface area (Å²) in [6.45, 7) is 2.06. The number of nitrogen functional groups attached to an aromatic ring is 1. The summed E-state index contributed by atoms with van der Waals surface area (Å²) in [5.41, 5.74) is 8.11. The van der Waals surface area contributed by atoms with E-state index >= 15 is 4.39 Å². The maximum absolute atomic E-state index is 15.1. The van der Waals surface area contributed by atoms with Crippen molar-refractivity contribution in [2.45, 2.75) is 50.1 Å². The van der Waals surface area contributed by atoms with Gasteiger partial charge < -0.3 is 21.1 Å². The number of carbonyl (C=O) groups is 2. The molecule has 0 bridgehead atoms. The molecule has 1 aromatic heterocycles. The van der Waals surface area contributed by atoms with Crippen LogP contribution in [-0.4, -0.2) is 50.5 Å². The number of anilines is 1. The number of aliphatic hydroxyl groups excluding tert-OH is 1. The van der Waals surface area contributed by atoms with Crippen LogP contribution >= 0.6 is 11.6 Å². The molecule has 0 unspecified atom stereocenters. The van der Waals surface area contributed by atoms with E-state index < -0.39 is 17.8 Å². The molecule has 4 N–H and O–H groups in total. The Balaban J connectivity index is 1.31. The van der Waals surface area contributed by atoms with Gasteiger partial charge in [-0.2, -0.15) is 0 Å². The number of rotatable bonds is 6. The van der Waals surface area contributed by atoms with Crippen molar-refractivity contribution in [2.24, 2.45) is 0 Å². The number of aromatic nitrogens is 2. The largest absolute Gasteiger partial charge is 0.394 e. The monoisotopic (exact) mass is 537 g/mol. The normalized spacial score (nSPS) is 21.3. The minimum atomic E-state index is -0.744. The molecule has 1 aliphatic carbocycles. The van der Waals surface area contributed by atoms with Crippen LogP contribution in [0.25, 0.3) is 11.3 Å². The SMILES string of the molecule is CC(=O)N1CC12CCC(c1cnc(N)c(-c3ccc(C(=O)N[C@H](CO)c4cccc(Cl)c4)c(F)c3)n1)CC2. The molecule has 38 heavy (non-hydrogen) atoms. The van der Waals surface area contributed by atoms with E-state index in [4.69, 9.17) is 22.3 Å². The maximum atomic E-state index is 15.1. The van der Waals surface area contributed by atoms with E-state index in [1.165, 1.54) is 12.1 Å². The molecule has 1 saturated heterocycles. The van der Waals surface area contributed by atoms with Crippen LogP contribution in [0.4, 0.5) is 10.2 Å². The van der Waals surface area contributed by atoms with Gasteiger partial charge in [-0.05, 0) is 55.5 Å². The van der Waals surface area contributed by atoms with E-state index in [1.807, 2.05) is 4.90 Å². The lowest BCUT2D eigenvalue weighted by atomic mass is 9.80. The summed E-state index contributed by atoms with van der Waals surface area (Å²) < 4.78 is 15.1. The molecule has 10 heteroatoms. The second kappa shape index (κ2) is 10.3. The Kier molecular flexibility index (Phi) is 7.07. The third-order valence-electron chi connectivity index (χ3n) is 7.68. The van der Waals surface area contributed by atoms with Crippen molar-refractivity contribution in [1.82, 2.24) is 20.2 Å². The first kappa shape index (κ1) is 26.1. The van der Waals surface area contributed by atoms with Gasteiger partial charge in [0.2, 0.25) is 5.91 Å². The van der Waals surface area contributed by atoms with E-state index in [0.29, 0.717) is 21.8 Å². The second-order valence-electron chi connectivity index (χ2n) is 10.1. The van der Waals surface area contributed by atoms with Gasteiger partial charge >= 0.3 is 0 Å². The molecular formula is C28H29ClFN5O3. The maximum Gasteiger partial charge on any atom is 0.254 e. The highest BCUT2D eigenvalue weighted by Crippen LogP contribution is 2.48. The van der Waals surface area contributed by atoms with Gasteiger partial charge in [0.05, 0.1) is 35.6 Å². The molecule has 5 rings (SSSR count). The van der Waals surface area contributed by atoms with Crippen molar-refractivity contribution < 1.29 is 19.1 Å². The number of hydrogen-bond donors (Lipinski definition) is 3. The first-order valence-corrected chi connectivity index (χ1v) is 13.0. The Bertz CT molecular complexity index is 1390. The van der Waals surface area contributed by atoms with Crippen molar-refractivity contribution in [3.05, 3.63) is 76.3 Å². The molecule has 2 amide bonds. The number of carbonyl (C=O) groups excluding carboxylic acids is 2. The Morgan fingerprint density at radius 3 is 2.66 bits per heavy atom. The predicted octanol–water partition coefficient (Wildman–Crippen LogP) is 4.24. The average Bonchev–Trinajstić information content (AvgIpc) is 3.61. The molecule has 198 valence electrons. The Labute approximate surface area is 225 Å². The lowest BCUT2D eigenvalue weighted by Crippen LogP contribution is -2.31. The Morgan fingerprint density at radius 1 is 1.26 bits per heavy atom. The minimum absolute atomic E-state index is 0.00768. The van der Waals surface area contributed by atoms with Crippen molar-refractivity contribution in [2.75, 3.05) is 18.9 Å². The summed E-state index contributed by atoms with van der Waals surface area (Å²) in [6.07, 6.45) is 5.27. The van der Waals surface area contributed by atoms with Gasteiger partial charge in [-0.1, -0.05) is 29.8 Å². The molecule has 2 aliphatic rings. The van der Waals surface area contributed by atoms with E-state index in [-0.39, 0.29) is 35.4 Å². The lowest BCUT2D eigenvalue weighted by molar-refractivity contribution is -0.125. The zero-order valence-electron chi connectivity index (χ0n) is 21.0. The minimum Gasteiger partial charge on any atom is -0.394 e. The van der Waals surface area contributed by atoms with Crippen LogP contribution in [0.5, 0.6) is 0 Å². The number of nitrogens with two attached hydrogens (primary N) is 1. The van der Waals surface area contributed by atoms with Gasteiger partial charge in [0.25, 0.3) is 5.91 Å². The van der Waals surface area contributed by atoms with Crippen molar-refractivity contribution in [3.8, 4) is 11.3 Å². The summed E-state index contributed by atoms with van der Waals surface area (Å²) in [6, 6.07) is 10.2. The smallest absolute Gasteiger partial charge is 0.254 e. The summed E-state index contributed by atoms with van der Waals surface area (Å²) >= 11 is 6.02. The number of nitrogens with one attached hydrogen (secondary N) is 1. The van der Waals surface area contributed by atoms with Crippen LogP contribution in [0, 0.1) is 5.82 Å². The van der Waals surface area contributed by atoms with E-state index in [0.717, 1.165) is 37.9 Å². The highest BCUT2D eigenvalue weighted by atomic mass is 35.5. The first-order valence-electron chi connectivity index (χ1n) is 12.6. The highest BCUT2D eigenvalue weighted by molar-refractivity contribution is 6.30. The fraction of sp³-hybridized carbons (Fsp3) is 0.357. The summed E-state index contributed by atoms with van der Waals surface area (Å²) in [5.74, 6) is -0.945. The Hall–Kier alpha value is -3.56. The van der Waals surface area contributed by atoms with Gasteiger partial charge in [-0.3, -0.25) is 9.59 Å². The Morgan fingerprint density at radius 2 is 2.03 bits per heavy atom. The molecule has 2 aromatic carbocycles. The fourth-order valence-electron chi connectivity index (χ4n) is 5.44. The molecule has 8 nitrogen and oxygen atoms in total. The average molecular weight is 538 g/mol. The van der Waals surface area contributed by atoms with Crippen LogP contribution in [0.15, 0.2) is 48.7 Å². The molecule has 1 spiro atoms. The first-order chi connectivity index (χ1) is 18.2. The molecule has 0 radical (unpaired) electrons. The van der Waals surface area contributed by atoms with Crippen LogP contribution in [0.2, 0.25) is 5.02 Å². The molecule has 2 fully saturated rings. The number of aliphatic hydroxyl groups is 1. The number of hydrogen-bond acceptors (Lipinski definition) is 6. The molecule has 2 heterocycles. The fourth-order valence-corrected chi connectivity index (χ4v) is 5.64. The summed E-state index contributed by atoms with van der Waals surface area (Å²) in [7, 11) is 0. The molecule has 1 saturated carbocycles. The van der Waals surface area contributed by atoms with Gasteiger partial charge in [0.15, 0.2) is 0 Å². The summed E-state index contributed by atoms with van der Waals surface area (Å²) in [5, 5.41) is 12.9. The van der Waals surface area contributed by atoms with Gasteiger partial charge in [0.1, 0.15) is 17.3 Å². The van der Waals surface area contributed by atoms with Crippen molar-refractivity contribution in [1.29, 1.82) is 0 Å². The molecule has 3 aromatic rings. The van der Waals surface area contributed by atoms with Gasteiger partial charge in [0, 0.05) is 30.0 Å². The number of halogens is 2. The van der Waals surface area contributed by atoms with Gasteiger partial charge in [-0.15, -0.1) is 0 Å². The van der Waals surface area contributed by atoms with Crippen LogP contribution in [0.1, 0.15) is 66.2 Å². The van der Waals surface area contributed by atoms with Crippen LogP contribution in [-0.2, 0) is 4.79 Å². The predicted molar refractivity (Wildman–Crippen MR) is 142 cm³/mol. The number of amides is 2. The molecular weight excluding hydrogens is 509 g/mol. The van der Waals surface area contributed by atoms with E-state index in [1.54, 1.807) is 43.5 Å². The quantitative estimate of drug-likeness (QED) is 0.404. The zero-order valence-corrected chi connectivity index (χ0v) is 21.7. The number of nitrogens with zero attached hydrogens (tertiary/aromatic N) is 3. The highest BCUT2D eigenvalue weighted by Gasteiger charge is 2.54. The third-order valence-corrected chi connectivity index (χ3v) is 7.92. The standard InChI is InChI=1S/C28H29ClFN5O3/c1-16(37)35-15-28(35)9-7-17(8-10-28)23-13-32-26(31)25(33-23)19-5-6-21(22(30)12-19)27(38)34-24(14-36)18-3-2-4-20(29)11-18/h2-6,11-13,17,24,36H,7-10,14-15H2,1H3,(H2,31,32)(H,34,38)/t17?,24-,28?,35?/m1/s1. The lowest BCUT2D eigenvalue weighted by Gasteiger charge is -2.28. The summed E-state index contributed by atoms with van der Waals surface area (Å²) in [4.78, 5) is 35.5. The van der Waals surface area contributed by atoms with E-state index in [9.17, 15) is 14.7 Å². The van der Waals surface area contributed by atoms with Crippen LogP contribution < -0.4 is 11.1 Å². The third kappa shape index (κ3) is 5.08. The van der Waals surface area contributed by atoms with Crippen molar-refractivity contribution in [3.63, 3.8) is 0 Å². The topological polar surface area (TPSA) is 121 Å². The van der Waals surface area contributed by atoms with Crippen molar-refractivity contribution >= 4 is 29.2 Å². The molecule has 1 aliphatic heterocycles. The number of benzene rings is 2. The second-order valence-corrected chi connectivity index (χ2v) is 10.5. The van der Waals surface area contributed by atoms with Gasteiger partial charge in [-0.25, -0.2) is 14.4 Å². The van der Waals surface area contributed by atoms with E-state index in [2.05, 4.69) is 10.3 Å². The zero-order chi connectivity index (χ0) is 27.0.